The normalized spacial score (nSPS) is 29.6. The summed E-state index contributed by atoms with van der Waals surface area (Å²) in [5, 5.41) is 0. The molecule has 90 valence electrons. The van der Waals surface area contributed by atoms with Crippen molar-refractivity contribution in [2.24, 2.45) is 11.7 Å². The molecule has 1 aliphatic rings. The third kappa shape index (κ3) is 1.80. The van der Waals surface area contributed by atoms with Gasteiger partial charge in [0.05, 0.1) is 11.7 Å². The minimum atomic E-state index is -0.312. The maximum Gasteiger partial charge on any atom is 0.180 e. The van der Waals surface area contributed by atoms with E-state index < -0.39 is 0 Å². The van der Waals surface area contributed by atoms with Gasteiger partial charge >= 0.3 is 0 Å². The zero-order chi connectivity index (χ0) is 11.9. The molecule has 0 radical (unpaired) electrons. The number of aromatic amines is 1. The maximum atomic E-state index is 6.46. The molecule has 5 nitrogen and oxygen atoms in total. The summed E-state index contributed by atoms with van der Waals surface area (Å²) in [5.41, 5.74) is 7.73. The number of fused-ring (bicyclic) bond motifs is 1. The van der Waals surface area contributed by atoms with E-state index in [2.05, 4.69) is 26.9 Å². The van der Waals surface area contributed by atoms with E-state index in [0.29, 0.717) is 5.65 Å². The van der Waals surface area contributed by atoms with Crippen LogP contribution in [0.15, 0.2) is 12.5 Å². The Labute approximate surface area is 99.9 Å². The molecule has 1 fully saturated rings. The molecule has 2 aromatic heterocycles. The molecule has 0 aliphatic heterocycles. The van der Waals surface area contributed by atoms with Crippen LogP contribution < -0.4 is 5.73 Å². The van der Waals surface area contributed by atoms with E-state index in [-0.39, 0.29) is 5.54 Å². The standard InChI is InChI=1S/C12H17N5/c1-8-2-4-12(13,5-3-8)11-16-9-6-14-7-15-10(9)17-11/h6-8H,2-5,13H2,1H3,(H,14,15,16,17). The second-order valence-electron chi connectivity index (χ2n) is 5.18. The average molecular weight is 231 g/mol. The number of rotatable bonds is 1. The first kappa shape index (κ1) is 10.7. The molecule has 3 rings (SSSR count). The summed E-state index contributed by atoms with van der Waals surface area (Å²) in [4.78, 5) is 15.9. The van der Waals surface area contributed by atoms with Gasteiger partial charge < -0.3 is 10.7 Å². The summed E-state index contributed by atoms with van der Waals surface area (Å²) in [6, 6.07) is 0. The molecule has 0 atom stereocenters. The molecule has 5 heteroatoms. The van der Waals surface area contributed by atoms with Crippen molar-refractivity contribution in [3.8, 4) is 0 Å². The molecule has 0 spiro atoms. The third-order valence-corrected chi connectivity index (χ3v) is 3.80. The molecule has 0 saturated heterocycles. The summed E-state index contributed by atoms with van der Waals surface area (Å²) in [6.45, 7) is 2.28. The molecule has 2 aromatic rings. The fourth-order valence-electron chi connectivity index (χ4n) is 2.51. The first-order chi connectivity index (χ1) is 8.17. The highest BCUT2D eigenvalue weighted by Gasteiger charge is 2.34. The molecule has 2 heterocycles. The zero-order valence-electron chi connectivity index (χ0n) is 9.98. The Morgan fingerprint density at radius 3 is 2.88 bits per heavy atom. The van der Waals surface area contributed by atoms with Gasteiger partial charge in [0, 0.05) is 0 Å². The van der Waals surface area contributed by atoms with Crippen LogP contribution in [0.1, 0.15) is 38.4 Å². The van der Waals surface area contributed by atoms with Gasteiger partial charge in [0.25, 0.3) is 0 Å². The molecule has 0 bridgehead atoms. The first-order valence-corrected chi connectivity index (χ1v) is 6.12. The van der Waals surface area contributed by atoms with Gasteiger partial charge in [0.2, 0.25) is 0 Å². The Balaban J connectivity index is 1.97. The van der Waals surface area contributed by atoms with Gasteiger partial charge in [0.1, 0.15) is 17.7 Å². The highest BCUT2D eigenvalue weighted by molar-refractivity contribution is 5.69. The number of H-pyrrole nitrogens is 1. The summed E-state index contributed by atoms with van der Waals surface area (Å²) < 4.78 is 0. The van der Waals surface area contributed by atoms with Crippen LogP contribution in [0.4, 0.5) is 0 Å². The van der Waals surface area contributed by atoms with E-state index in [1.54, 1.807) is 6.20 Å². The lowest BCUT2D eigenvalue weighted by atomic mass is 9.77. The summed E-state index contributed by atoms with van der Waals surface area (Å²) in [7, 11) is 0. The van der Waals surface area contributed by atoms with Crippen LogP contribution in [0.25, 0.3) is 11.2 Å². The maximum absolute atomic E-state index is 6.46. The molecule has 1 aliphatic carbocycles. The van der Waals surface area contributed by atoms with Crippen LogP contribution in [-0.4, -0.2) is 19.9 Å². The van der Waals surface area contributed by atoms with Crippen LogP contribution in [0.3, 0.4) is 0 Å². The quantitative estimate of drug-likeness (QED) is 0.783. The second kappa shape index (κ2) is 3.77. The lowest BCUT2D eigenvalue weighted by Gasteiger charge is -2.34. The number of aromatic nitrogens is 4. The topological polar surface area (TPSA) is 80.5 Å². The molecular weight excluding hydrogens is 214 g/mol. The van der Waals surface area contributed by atoms with Crippen LogP contribution >= 0.6 is 0 Å². The van der Waals surface area contributed by atoms with Gasteiger partial charge in [-0.05, 0) is 31.6 Å². The van der Waals surface area contributed by atoms with Crippen LogP contribution in [0.5, 0.6) is 0 Å². The van der Waals surface area contributed by atoms with E-state index >= 15 is 0 Å². The molecule has 0 unspecified atom stereocenters. The van der Waals surface area contributed by atoms with Crippen LogP contribution in [0.2, 0.25) is 0 Å². The van der Waals surface area contributed by atoms with E-state index in [9.17, 15) is 0 Å². The average Bonchev–Trinajstić information content (AvgIpc) is 2.77. The fraction of sp³-hybridized carbons (Fsp3) is 0.583. The summed E-state index contributed by atoms with van der Waals surface area (Å²) in [5.74, 6) is 1.63. The molecule has 17 heavy (non-hydrogen) atoms. The summed E-state index contributed by atoms with van der Waals surface area (Å²) in [6.07, 6.45) is 7.56. The number of nitrogens with two attached hydrogens (primary N) is 1. The lowest BCUT2D eigenvalue weighted by molar-refractivity contribution is 0.238. The Morgan fingerprint density at radius 2 is 2.18 bits per heavy atom. The van der Waals surface area contributed by atoms with Crippen LogP contribution in [-0.2, 0) is 5.54 Å². The summed E-state index contributed by atoms with van der Waals surface area (Å²) >= 11 is 0. The highest BCUT2D eigenvalue weighted by atomic mass is 15.1. The van der Waals surface area contributed by atoms with Gasteiger partial charge in [-0.2, -0.15) is 0 Å². The number of hydrogen-bond donors (Lipinski definition) is 2. The van der Waals surface area contributed by atoms with Gasteiger partial charge in [-0.3, -0.25) is 0 Å². The number of hydrogen-bond acceptors (Lipinski definition) is 4. The predicted octanol–water partition coefficient (Wildman–Crippen LogP) is 1.72. The largest absolute Gasteiger partial charge is 0.338 e. The Hall–Kier alpha value is -1.49. The smallest absolute Gasteiger partial charge is 0.180 e. The predicted molar refractivity (Wildman–Crippen MR) is 65.2 cm³/mol. The Bertz CT molecular complexity index is 491. The fourth-order valence-corrected chi connectivity index (χ4v) is 2.51. The molecule has 3 N–H and O–H groups in total. The van der Waals surface area contributed by atoms with Crippen molar-refractivity contribution in [1.82, 2.24) is 19.9 Å². The Morgan fingerprint density at radius 1 is 1.41 bits per heavy atom. The zero-order valence-corrected chi connectivity index (χ0v) is 9.98. The van der Waals surface area contributed by atoms with E-state index in [0.717, 1.165) is 30.1 Å². The van der Waals surface area contributed by atoms with Crippen molar-refractivity contribution in [2.45, 2.75) is 38.1 Å². The monoisotopic (exact) mass is 231 g/mol. The Kier molecular flexibility index (Phi) is 2.36. The second-order valence-corrected chi connectivity index (χ2v) is 5.18. The van der Waals surface area contributed by atoms with Gasteiger partial charge in [0.15, 0.2) is 5.65 Å². The minimum Gasteiger partial charge on any atom is -0.338 e. The molecule has 0 aromatic carbocycles. The van der Waals surface area contributed by atoms with Crippen LogP contribution in [0, 0.1) is 5.92 Å². The minimum absolute atomic E-state index is 0.312. The third-order valence-electron chi connectivity index (χ3n) is 3.80. The van der Waals surface area contributed by atoms with Gasteiger partial charge in [-0.15, -0.1) is 0 Å². The van der Waals surface area contributed by atoms with Crippen molar-refractivity contribution in [2.75, 3.05) is 0 Å². The van der Waals surface area contributed by atoms with Crippen molar-refractivity contribution in [1.29, 1.82) is 0 Å². The SMILES string of the molecule is CC1CCC(N)(c2nc3ncncc3[nH]2)CC1. The first-order valence-electron chi connectivity index (χ1n) is 6.12. The van der Waals surface area contributed by atoms with E-state index in [1.807, 2.05) is 0 Å². The van der Waals surface area contributed by atoms with Crippen molar-refractivity contribution in [3.63, 3.8) is 0 Å². The van der Waals surface area contributed by atoms with Gasteiger partial charge in [-0.25, -0.2) is 15.0 Å². The van der Waals surface area contributed by atoms with Crippen molar-refractivity contribution < 1.29 is 0 Å². The lowest BCUT2D eigenvalue weighted by Crippen LogP contribution is -2.41. The number of nitrogens with zero attached hydrogens (tertiary/aromatic N) is 3. The van der Waals surface area contributed by atoms with E-state index in [4.69, 9.17) is 5.73 Å². The number of imidazole rings is 1. The van der Waals surface area contributed by atoms with E-state index in [1.165, 1.54) is 19.2 Å². The molecular formula is C12H17N5. The van der Waals surface area contributed by atoms with Crippen molar-refractivity contribution in [3.05, 3.63) is 18.3 Å². The van der Waals surface area contributed by atoms with Crippen molar-refractivity contribution >= 4 is 11.2 Å². The molecule has 0 amide bonds. The van der Waals surface area contributed by atoms with Gasteiger partial charge in [-0.1, -0.05) is 6.92 Å². The highest BCUT2D eigenvalue weighted by Crippen LogP contribution is 2.36. The number of nitrogens with one attached hydrogen (secondary N) is 1. The molecule has 1 saturated carbocycles.